The second kappa shape index (κ2) is 7.50. The Kier molecular flexibility index (Phi) is 5.29. The maximum absolute atomic E-state index is 12.8. The number of anilines is 1. The molecule has 1 amide bonds. The summed E-state index contributed by atoms with van der Waals surface area (Å²) in [4.78, 5) is 25.1. The number of thiophene rings is 1. The van der Waals surface area contributed by atoms with Crippen molar-refractivity contribution in [3.63, 3.8) is 0 Å². The molecule has 27 heavy (non-hydrogen) atoms. The third-order valence-electron chi connectivity index (χ3n) is 3.83. The molecule has 0 radical (unpaired) electrons. The number of sulfone groups is 1. The van der Waals surface area contributed by atoms with Crippen molar-refractivity contribution in [3.05, 3.63) is 59.7 Å². The average Bonchev–Trinajstić information content (AvgIpc) is 2.99. The summed E-state index contributed by atoms with van der Waals surface area (Å²) < 4.78 is 29.9. The first kappa shape index (κ1) is 19.1. The number of ether oxygens (including phenoxy) is 1. The van der Waals surface area contributed by atoms with E-state index in [1.165, 1.54) is 23.5 Å². The highest BCUT2D eigenvalue weighted by Crippen LogP contribution is 2.36. The number of esters is 1. The third kappa shape index (κ3) is 3.86. The van der Waals surface area contributed by atoms with Crippen molar-refractivity contribution in [2.75, 3.05) is 18.2 Å². The second-order valence-electron chi connectivity index (χ2n) is 5.75. The molecule has 2 aromatic carbocycles. The van der Waals surface area contributed by atoms with Gasteiger partial charge in [-0.05, 0) is 25.1 Å². The molecule has 0 unspecified atom stereocenters. The highest BCUT2D eigenvalue weighted by molar-refractivity contribution is 7.90. The van der Waals surface area contributed by atoms with Crippen LogP contribution < -0.4 is 5.32 Å². The van der Waals surface area contributed by atoms with Gasteiger partial charge in [-0.25, -0.2) is 13.2 Å². The number of rotatable bonds is 5. The van der Waals surface area contributed by atoms with E-state index >= 15 is 0 Å². The molecule has 1 N–H and O–H groups in total. The van der Waals surface area contributed by atoms with E-state index in [9.17, 15) is 18.0 Å². The molecule has 8 heteroatoms. The molecule has 1 aromatic heterocycles. The summed E-state index contributed by atoms with van der Waals surface area (Å²) >= 11 is 1.23. The maximum atomic E-state index is 12.8. The van der Waals surface area contributed by atoms with E-state index in [2.05, 4.69) is 5.32 Å². The van der Waals surface area contributed by atoms with Crippen LogP contribution >= 0.6 is 11.3 Å². The van der Waals surface area contributed by atoms with Crippen LogP contribution in [-0.4, -0.2) is 33.2 Å². The number of nitrogens with one attached hydrogen (secondary N) is 1. The third-order valence-corrected chi connectivity index (χ3v) is 6.07. The fraction of sp³-hybridized carbons (Fsp3) is 0.158. The Morgan fingerprint density at radius 1 is 1.07 bits per heavy atom. The van der Waals surface area contributed by atoms with Crippen LogP contribution in [0.2, 0.25) is 0 Å². The molecule has 1 heterocycles. The number of hydrogen-bond donors (Lipinski definition) is 1. The van der Waals surface area contributed by atoms with Gasteiger partial charge in [-0.3, -0.25) is 4.79 Å². The smallest absolute Gasteiger partial charge is 0.341 e. The Hall–Kier alpha value is -2.71. The molecule has 0 fully saturated rings. The minimum atomic E-state index is -3.58. The summed E-state index contributed by atoms with van der Waals surface area (Å²) in [7, 11) is -3.58. The van der Waals surface area contributed by atoms with Crippen molar-refractivity contribution in [1.82, 2.24) is 0 Å². The minimum absolute atomic E-state index is 0.0206. The van der Waals surface area contributed by atoms with Gasteiger partial charge in [0, 0.05) is 16.3 Å². The van der Waals surface area contributed by atoms with Crippen LogP contribution in [0.25, 0.3) is 10.1 Å². The van der Waals surface area contributed by atoms with Gasteiger partial charge in [0.15, 0.2) is 9.84 Å². The van der Waals surface area contributed by atoms with Gasteiger partial charge >= 0.3 is 5.97 Å². The van der Waals surface area contributed by atoms with E-state index < -0.39 is 21.7 Å². The molecule has 0 aliphatic carbocycles. The molecule has 0 aliphatic rings. The van der Waals surface area contributed by atoms with Crippen molar-refractivity contribution in [2.45, 2.75) is 11.8 Å². The van der Waals surface area contributed by atoms with E-state index in [1.54, 1.807) is 31.2 Å². The van der Waals surface area contributed by atoms with Crippen LogP contribution in [0.4, 0.5) is 5.00 Å². The quantitative estimate of drug-likeness (QED) is 0.656. The van der Waals surface area contributed by atoms with Crippen LogP contribution in [-0.2, 0) is 14.6 Å². The van der Waals surface area contributed by atoms with Gasteiger partial charge in [0.25, 0.3) is 5.91 Å². The lowest BCUT2D eigenvalue weighted by atomic mass is 10.1. The van der Waals surface area contributed by atoms with Gasteiger partial charge in [0.1, 0.15) is 10.6 Å². The number of amides is 1. The topological polar surface area (TPSA) is 89.5 Å². The average molecular weight is 403 g/mol. The van der Waals surface area contributed by atoms with Crippen LogP contribution in [0.15, 0.2) is 53.4 Å². The van der Waals surface area contributed by atoms with Gasteiger partial charge in [0.05, 0.1) is 17.1 Å². The Morgan fingerprint density at radius 2 is 1.74 bits per heavy atom. The summed E-state index contributed by atoms with van der Waals surface area (Å²) in [6.45, 7) is 1.90. The molecule has 140 valence electrons. The largest absolute Gasteiger partial charge is 0.462 e. The minimum Gasteiger partial charge on any atom is -0.462 e. The number of fused-ring (bicyclic) bond motifs is 1. The molecule has 0 saturated carbocycles. The number of carbonyl (C=O) groups excluding carboxylic acids is 2. The second-order valence-corrected chi connectivity index (χ2v) is 8.78. The Bertz CT molecular complexity index is 1130. The molecule has 3 rings (SSSR count). The fourth-order valence-corrected chi connectivity index (χ4v) is 4.66. The first-order chi connectivity index (χ1) is 12.8. The van der Waals surface area contributed by atoms with Gasteiger partial charge in [0.2, 0.25) is 0 Å². The SMILES string of the molecule is CCOC(=O)c1c(NC(=O)c2ccccc2S(C)(=O)=O)sc2ccccc12. The van der Waals surface area contributed by atoms with Crippen molar-refractivity contribution in [3.8, 4) is 0 Å². The van der Waals surface area contributed by atoms with E-state index in [1.807, 2.05) is 12.1 Å². The fourth-order valence-electron chi connectivity index (χ4n) is 2.69. The Morgan fingerprint density at radius 3 is 2.44 bits per heavy atom. The summed E-state index contributed by atoms with van der Waals surface area (Å²) in [5.74, 6) is -1.14. The maximum Gasteiger partial charge on any atom is 0.341 e. The first-order valence-corrected chi connectivity index (χ1v) is 10.8. The molecule has 0 aliphatic heterocycles. The van der Waals surface area contributed by atoms with E-state index in [0.29, 0.717) is 10.4 Å². The summed E-state index contributed by atoms with van der Waals surface area (Å²) in [5.41, 5.74) is 0.287. The Labute approximate surface area is 160 Å². The Balaban J connectivity index is 2.06. The van der Waals surface area contributed by atoms with Gasteiger partial charge in [-0.15, -0.1) is 11.3 Å². The molecule has 0 bridgehead atoms. The number of carbonyl (C=O) groups is 2. The lowest BCUT2D eigenvalue weighted by Crippen LogP contribution is -2.17. The highest BCUT2D eigenvalue weighted by Gasteiger charge is 2.24. The van der Waals surface area contributed by atoms with Crippen LogP contribution in [0.5, 0.6) is 0 Å². The zero-order valence-corrected chi connectivity index (χ0v) is 16.3. The van der Waals surface area contributed by atoms with Crippen LogP contribution in [0.1, 0.15) is 27.6 Å². The summed E-state index contributed by atoms with van der Waals surface area (Å²) in [6, 6.07) is 13.2. The van der Waals surface area contributed by atoms with Crippen molar-refractivity contribution >= 4 is 48.1 Å². The lowest BCUT2D eigenvalue weighted by molar-refractivity contribution is 0.0530. The molecule has 0 saturated heterocycles. The molecule has 3 aromatic rings. The predicted molar refractivity (Wildman–Crippen MR) is 105 cm³/mol. The van der Waals surface area contributed by atoms with Gasteiger partial charge in [-0.2, -0.15) is 0 Å². The summed E-state index contributed by atoms with van der Waals surface area (Å²) in [6.07, 6.45) is 1.04. The van der Waals surface area contributed by atoms with Gasteiger partial charge in [-0.1, -0.05) is 30.3 Å². The van der Waals surface area contributed by atoms with Crippen LogP contribution in [0.3, 0.4) is 0 Å². The van der Waals surface area contributed by atoms with E-state index in [-0.39, 0.29) is 22.6 Å². The van der Waals surface area contributed by atoms with Crippen molar-refractivity contribution in [1.29, 1.82) is 0 Å². The normalized spacial score (nSPS) is 11.3. The van der Waals surface area contributed by atoms with Crippen LogP contribution in [0, 0.1) is 0 Å². The molecular weight excluding hydrogens is 386 g/mol. The highest BCUT2D eigenvalue weighted by atomic mass is 32.2. The number of hydrogen-bond acceptors (Lipinski definition) is 6. The zero-order chi connectivity index (χ0) is 19.6. The monoisotopic (exact) mass is 403 g/mol. The van der Waals surface area contributed by atoms with E-state index in [4.69, 9.17) is 4.74 Å². The predicted octanol–water partition coefficient (Wildman–Crippen LogP) is 3.73. The number of benzene rings is 2. The molecular formula is C19H17NO5S2. The standard InChI is InChI=1S/C19H17NO5S2/c1-3-25-19(22)16-12-8-4-6-10-14(12)26-18(16)20-17(21)13-9-5-7-11-15(13)27(2,23)24/h4-11H,3H2,1-2H3,(H,20,21). The molecule has 0 spiro atoms. The molecule has 0 atom stereocenters. The van der Waals surface area contributed by atoms with Crippen molar-refractivity contribution < 1.29 is 22.7 Å². The molecule has 6 nitrogen and oxygen atoms in total. The lowest BCUT2D eigenvalue weighted by Gasteiger charge is -2.09. The first-order valence-electron chi connectivity index (χ1n) is 8.12. The van der Waals surface area contributed by atoms with Crippen molar-refractivity contribution in [2.24, 2.45) is 0 Å². The zero-order valence-electron chi connectivity index (χ0n) is 14.7. The van der Waals surface area contributed by atoms with Gasteiger partial charge < -0.3 is 10.1 Å². The summed E-state index contributed by atoms with van der Waals surface area (Å²) in [5, 5.41) is 3.68. The van der Waals surface area contributed by atoms with E-state index in [0.717, 1.165) is 11.0 Å².